The number of nitrogens with one attached hydrogen (secondary N) is 1. The maximum Gasteiger partial charge on any atom is 0.183 e. The van der Waals surface area contributed by atoms with E-state index in [1.807, 2.05) is 11.3 Å². The van der Waals surface area contributed by atoms with E-state index in [1.54, 1.807) is 0 Å². The highest BCUT2D eigenvalue weighted by molar-refractivity contribution is 7.15. The summed E-state index contributed by atoms with van der Waals surface area (Å²) < 4.78 is 0. The van der Waals surface area contributed by atoms with Crippen molar-refractivity contribution in [2.45, 2.75) is 52.0 Å². The lowest BCUT2D eigenvalue weighted by molar-refractivity contribution is 0.316. The molecule has 82 valence electrons. The van der Waals surface area contributed by atoms with Crippen LogP contribution in [-0.4, -0.2) is 11.0 Å². The van der Waals surface area contributed by atoms with E-state index >= 15 is 0 Å². The minimum Gasteiger partial charge on any atom is -0.359 e. The first-order valence-electron chi connectivity index (χ1n) is 5.87. The van der Waals surface area contributed by atoms with Crippen LogP contribution in [0.1, 0.15) is 43.7 Å². The van der Waals surface area contributed by atoms with Gasteiger partial charge in [0.15, 0.2) is 5.13 Å². The van der Waals surface area contributed by atoms with E-state index in [9.17, 15) is 0 Å². The zero-order valence-corrected chi connectivity index (χ0v) is 10.3. The number of aryl methyl sites for hydroxylation is 1. The summed E-state index contributed by atoms with van der Waals surface area (Å²) in [5.74, 6) is 0. The molecule has 1 saturated carbocycles. The van der Waals surface area contributed by atoms with Crippen LogP contribution in [0.5, 0.6) is 0 Å². The zero-order valence-electron chi connectivity index (χ0n) is 9.47. The molecule has 0 spiro atoms. The number of fused-ring (bicyclic) bond motifs is 1. The van der Waals surface area contributed by atoms with Gasteiger partial charge in [0.05, 0.1) is 5.69 Å². The van der Waals surface area contributed by atoms with Gasteiger partial charge >= 0.3 is 0 Å². The van der Waals surface area contributed by atoms with Crippen LogP contribution in [0.25, 0.3) is 0 Å². The van der Waals surface area contributed by atoms with Crippen LogP contribution in [-0.2, 0) is 12.8 Å². The number of rotatable bonds is 2. The molecule has 1 heterocycles. The standard InChI is InChI=1S/C12H18N2S/c1-12(2)6-5-9-10(7-12)15-11(14-9)13-8-3-4-8/h8H,3-7H2,1-2H3,(H,13,14). The topological polar surface area (TPSA) is 24.9 Å². The Morgan fingerprint density at radius 3 is 2.93 bits per heavy atom. The number of aromatic nitrogens is 1. The highest BCUT2D eigenvalue weighted by Gasteiger charge is 2.29. The third-order valence-corrected chi connectivity index (χ3v) is 4.39. The van der Waals surface area contributed by atoms with Crippen molar-refractivity contribution in [1.82, 2.24) is 4.98 Å². The monoisotopic (exact) mass is 222 g/mol. The maximum atomic E-state index is 4.70. The molecule has 0 unspecified atom stereocenters. The molecule has 0 saturated heterocycles. The van der Waals surface area contributed by atoms with E-state index < -0.39 is 0 Å². The summed E-state index contributed by atoms with van der Waals surface area (Å²) in [6.45, 7) is 4.73. The first-order valence-corrected chi connectivity index (χ1v) is 6.69. The quantitative estimate of drug-likeness (QED) is 0.831. The van der Waals surface area contributed by atoms with Gasteiger partial charge in [0.1, 0.15) is 0 Å². The molecule has 0 amide bonds. The smallest absolute Gasteiger partial charge is 0.183 e. The van der Waals surface area contributed by atoms with Gasteiger partial charge in [-0.2, -0.15) is 0 Å². The van der Waals surface area contributed by atoms with Crippen molar-refractivity contribution in [3.63, 3.8) is 0 Å². The van der Waals surface area contributed by atoms with E-state index in [4.69, 9.17) is 4.98 Å². The summed E-state index contributed by atoms with van der Waals surface area (Å²) >= 11 is 1.88. The van der Waals surface area contributed by atoms with Crippen molar-refractivity contribution < 1.29 is 0 Å². The van der Waals surface area contributed by atoms with E-state index in [1.165, 1.54) is 47.8 Å². The Hall–Kier alpha value is -0.570. The Morgan fingerprint density at radius 1 is 1.40 bits per heavy atom. The molecule has 1 aromatic rings. The molecule has 2 aliphatic rings. The van der Waals surface area contributed by atoms with E-state index in [2.05, 4.69) is 19.2 Å². The number of hydrogen-bond acceptors (Lipinski definition) is 3. The van der Waals surface area contributed by atoms with Gasteiger partial charge in [0.2, 0.25) is 0 Å². The van der Waals surface area contributed by atoms with Crippen LogP contribution in [0.3, 0.4) is 0 Å². The van der Waals surface area contributed by atoms with E-state index in [0.29, 0.717) is 5.41 Å². The lowest BCUT2D eigenvalue weighted by atomic mass is 9.79. The van der Waals surface area contributed by atoms with Gasteiger partial charge in [-0.1, -0.05) is 13.8 Å². The Labute approximate surface area is 95.1 Å². The molecule has 2 aliphatic carbocycles. The highest BCUT2D eigenvalue weighted by atomic mass is 32.1. The molecule has 0 atom stereocenters. The summed E-state index contributed by atoms with van der Waals surface area (Å²) in [6.07, 6.45) is 6.33. The Kier molecular flexibility index (Phi) is 2.06. The van der Waals surface area contributed by atoms with Gasteiger partial charge in [-0.25, -0.2) is 4.98 Å². The first-order chi connectivity index (χ1) is 7.12. The van der Waals surface area contributed by atoms with Crippen molar-refractivity contribution in [2.24, 2.45) is 5.41 Å². The molecule has 3 rings (SSSR count). The van der Waals surface area contributed by atoms with Crippen molar-refractivity contribution in [3.05, 3.63) is 10.6 Å². The van der Waals surface area contributed by atoms with Crippen LogP contribution >= 0.6 is 11.3 Å². The number of anilines is 1. The van der Waals surface area contributed by atoms with Crippen molar-refractivity contribution in [1.29, 1.82) is 0 Å². The molecule has 0 radical (unpaired) electrons. The minimum atomic E-state index is 0.483. The van der Waals surface area contributed by atoms with Crippen molar-refractivity contribution in [2.75, 3.05) is 5.32 Å². The van der Waals surface area contributed by atoms with Gasteiger partial charge in [-0.05, 0) is 37.5 Å². The van der Waals surface area contributed by atoms with Crippen molar-refractivity contribution >= 4 is 16.5 Å². The minimum absolute atomic E-state index is 0.483. The molecule has 0 bridgehead atoms. The summed E-state index contributed by atoms with van der Waals surface area (Å²) in [4.78, 5) is 6.23. The second-order valence-corrected chi connectivity index (χ2v) is 6.73. The normalized spacial score (nSPS) is 23.6. The summed E-state index contributed by atoms with van der Waals surface area (Å²) in [5, 5.41) is 4.67. The first kappa shape index (κ1) is 9.64. The molecule has 15 heavy (non-hydrogen) atoms. The Morgan fingerprint density at radius 2 is 2.20 bits per heavy atom. The van der Waals surface area contributed by atoms with Gasteiger partial charge in [0, 0.05) is 10.9 Å². The van der Waals surface area contributed by atoms with E-state index in [-0.39, 0.29) is 0 Å². The van der Waals surface area contributed by atoms with Gasteiger partial charge < -0.3 is 5.32 Å². The predicted octanol–water partition coefficient (Wildman–Crippen LogP) is 3.23. The largest absolute Gasteiger partial charge is 0.359 e. The lowest BCUT2D eigenvalue weighted by Crippen LogP contribution is -2.20. The van der Waals surface area contributed by atoms with Crippen LogP contribution in [0.2, 0.25) is 0 Å². The zero-order chi connectivity index (χ0) is 10.5. The fraction of sp³-hybridized carbons (Fsp3) is 0.750. The second-order valence-electron chi connectivity index (χ2n) is 5.65. The summed E-state index contributed by atoms with van der Waals surface area (Å²) in [5.41, 5.74) is 1.85. The van der Waals surface area contributed by atoms with Gasteiger partial charge in [0.25, 0.3) is 0 Å². The van der Waals surface area contributed by atoms with Crippen molar-refractivity contribution in [3.8, 4) is 0 Å². The molecular weight excluding hydrogens is 204 g/mol. The molecule has 1 aromatic heterocycles. The number of nitrogens with zero attached hydrogens (tertiary/aromatic N) is 1. The van der Waals surface area contributed by atoms with Gasteiger partial charge in [-0.15, -0.1) is 11.3 Å². The number of thiazole rings is 1. The maximum absolute atomic E-state index is 4.70. The predicted molar refractivity (Wildman–Crippen MR) is 64.6 cm³/mol. The molecule has 0 aliphatic heterocycles. The number of hydrogen-bond donors (Lipinski definition) is 1. The second kappa shape index (κ2) is 3.21. The van der Waals surface area contributed by atoms with Crippen LogP contribution in [0.4, 0.5) is 5.13 Å². The molecule has 0 aromatic carbocycles. The fourth-order valence-electron chi connectivity index (χ4n) is 2.16. The molecule has 1 N–H and O–H groups in total. The average Bonchev–Trinajstić information content (AvgIpc) is 2.84. The average molecular weight is 222 g/mol. The third-order valence-electron chi connectivity index (χ3n) is 3.36. The van der Waals surface area contributed by atoms with E-state index in [0.717, 1.165) is 6.04 Å². The molecular formula is C12H18N2S. The molecule has 1 fully saturated rings. The molecule has 2 nitrogen and oxygen atoms in total. The molecule has 3 heteroatoms. The summed E-state index contributed by atoms with van der Waals surface area (Å²) in [6, 6.07) is 0.727. The lowest BCUT2D eigenvalue weighted by Gasteiger charge is -2.28. The Balaban J connectivity index is 1.81. The third kappa shape index (κ3) is 2.03. The van der Waals surface area contributed by atoms with Crippen LogP contribution < -0.4 is 5.32 Å². The van der Waals surface area contributed by atoms with Gasteiger partial charge in [-0.3, -0.25) is 0 Å². The summed E-state index contributed by atoms with van der Waals surface area (Å²) in [7, 11) is 0. The Bertz CT molecular complexity index is 377. The SMILES string of the molecule is CC1(C)CCc2nc(NC3CC3)sc2C1. The van der Waals surface area contributed by atoms with Crippen LogP contribution in [0.15, 0.2) is 0 Å². The fourth-order valence-corrected chi connectivity index (χ4v) is 3.50. The highest BCUT2D eigenvalue weighted by Crippen LogP contribution is 2.39. The van der Waals surface area contributed by atoms with Crippen LogP contribution in [0, 0.1) is 5.41 Å².